The van der Waals surface area contributed by atoms with Crippen molar-refractivity contribution in [2.24, 2.45) is 0 Å². The Hall–Kier alpha value is -7.69. The van der Waals surface area contributed by atoms with Crippen molar-refractivity contribution in [2.75, 3.05) is 5.32 Å². The van der Waals surface area contributed by atoms with E-state index in [4.69, 9.17) is 9.97 Å². The molecule has 9 aromatic carbocycles. The van der Waals surface area contributed by atoms with Gasteiger partial charge in [0.15, 0.2) is 5.82 Å². The molecule has 0 fully saturated rings. The lowest BCUT2D eigenvalue weighted by Crippen LogP contribution is -2.09. The molecule has 268 valence electrons. The minimum absolute atomic E-state index is 0.444. The summed E-state index contributed by atoms with van der Waals surface area (Å²) in [6, 6.07) is 71.2. The van der Waals surface area contributed by atoms with Crippen molar-refractivity contribution in [3.8, 4) is 45.0 Å². The van der Waals surface area contributed by atoms with Gasteiger partial charge in [-0.1, -0.05) is 164 Å². The van der Waals surface area contributed by atoms with Crippen LogP contribution in [-0.4, -0.2) is 15.7 Å². The first-order chi connectivity index (χ1) is 28.1. The molecular weight excluding hydrogens is 693 g/mol. The monoisotopic (exact) mass is 728 g/mol. The van der Waals surface area contributed by atoms with Gasteiger partial charge >= 0.3 is 0 Å². The maximum atomic E-state index is 9.76. The van der Waals surface area contributed by atoms with Crippen LogP contribution in [0.5, 0.6) is 0 Å². The second-order valence-electron chi connectivity index (χ2n) is 14.3. The Labute approximate surface area is 331 Å². The van der Waals surface area contributed by atoms with Crippen LogP contribution >= 0.6 is 0 Å². The molecule has 0 spiro atoms. The molecule has 0 aliphatic rings. The highest BCUT2D eigenvalue weighted by molar-refractivity contribution is 6.22. The Morgan fingerprint density at radius 3 is 1.56 bits per heavy atom. The number of aromatic nitrogens is 2. The molecule has 0 aliphatic carbocycles. The number of anilines is 2. The molecule has 4 heteroatoms. The van der Waals surface area contributed by atoms with Crippen LogP contribution in [0.4, 0.5) is 11.4 Å². The third kappa shape index (κ3) is 6.60. The van der Waals surface area contributed by atoms with Crippen LogP contribution in [0.3, 0.4) is 0 Å². The molecule has 0 bridgehead atoms. The fourth-order valence-corrected chi connectivity index (χ4v) is 7.75. The highest BCUT2D eigenvalue weighted by atomic mass is 14.9. The zero-order valence-corrected chi connectivity index (χ0v) is 31.0. The second-order valence-corrected chi connectivity index (χ2v) is 14.3. The first kappa shape index (κ1) is 33.8. The third-order valence-electron chi connectivity index (χ3n) is 10.7. The summed E-state index contributed by atoms with van der Waals surface area (Å²) in [5.74, 6) is 0.662. The normalized spacial score (nSPS) is 11.2. The molecule has 10 aromatic rings. The molecule has 1 heterocycles. The van der Waals surface area contributed by atoms with Gasteiger partial charge in [-0.25, -0.2) is 9.97 Å². The van der Waals surface area contributed by atoms with Crippen LogP contribution < -0.4 is 5.32 Å². The average molecular weight is 729 g/mol. The van der Waals surface area contributed by atoms with Crippen molar-refractivity contribution in [2.45, 2.75) is 0 Å². The fraction of sp³-hybridized carbons (Fsp3) is 0. The van der Waals surface area contributed by atoms with E-state index in [2.05, 4.69) is 157 Å². The van der Waals surface area contributed by atoms with Gasteiger partial charge in [0.05, 0.1) is 22.8 Å². The van der Waals surface area contributed by atoms with E-state index in [0.717, 1.165) is 83.3 Å². The maximum Gasteiger partial charge on any atom is 0.160 e. The maximum absolute atomic E-state index is 9.76. The molecule has 0 aliphatic heterocycles. The molecule has 2 N–H and O–H groups in total. The van der Waals surface area contributed by atoms with Crippen LogP contribution in [0.1, 0.15) is 11.1 Å². The lowest BCUT2D eigenvalue weighted by molar-refractivity contribution is 1.19. The number of rotatable bonds is 8. The highest BCUT2D eigenvalue weighted by Gasteiger charge is 2.21. The van der Waals surface area contributed by atoms with Crippen molar-refractivity contribution in [1.82, 2.24) is 9.97 Å². The Morgan fingerprint density at radius 1 is 0.404 bits per heavy atom. The molecule has 0 unspecified atom stereocenters. The van der Waals surface area contributed by atoms with Crippen molar-refractivity contribution in [3.05, 3.63) is 217 Å². The summed E-state index contributed by atoms with van der Waals surface area (Å²) in [7, 11) is 0. The number of hydrogen-bond acceptors (Lipinski definition) is 4. The number of nitrogens with one attached hydrogen (secondary N) is 2. The van der Waals surface area contributed by atoms with Crippen molar-refractivity contribution < 1.29 is 0 Å². The van der Waals surface area contributed by atoms with Crippen LogP contribution in [0.25, 0.3) is 77.3 Å². The summed E-state index contributed by atoms with van der Waals surface area (Å²) in [5.41, 5.74) is 10.6. The predicted molar refractivity (Wildman–Crippen MR) is 238 cm³/mol. The molecular formula is C53H36N4. The van der Waals surface area contributed by atoms with Crippen molar-refractivity contribution in [1.29, 1.82) is 5.41 Å². The Bertz CT molecular complexity index is 3000. The standard InChI is InChI=1S/C53H36N4/c54-51(38-18-6-2-7-19-38)50-46(37-16-4-1-5-17-37)32-41-26-28-43(33-47(41)52(50)55-45-22-8-3-9-23-45)49-34-48(42-27-24-35-14-10-12-20-39(35)30-42)56-53(57-49)44-29-25-36-15-11-13-21-40(36)31-44/h1-34,54-55H. The van der Waals surface area contributed by atoms with E-state index in [1.165, 1.54) is 10.8 Å². The van der Waals surface area contributed by atoms with E-state index in [1.54, 1.807) is 0 Å². The summed E-state index contributed by atoms with van der Waals surface area (Å²) in [6.45, 7) is 0. The Morgan fingerprint density at radius 2 is 0.912 bits per heavy atom. The van der Waals surface area contributed by atoms with Gasteiger partial charge in [-0.3, -0.25) is 5.41 Å². The van der Waals surface area contributed by atoms with Gasteiger partial charge in [-0.15, -0.1) is 0 Å². The van der Waals surface area contributed by atoms with Gasteiger partial charge in [-0.05, 0) is 80.5 Å². The van der Waals surface area contributed by atoms with Crippen LogP contribution in [0, 0.1) is 5.41 Å². The minimum atomic E-state index is 0.444. The lowest BCUT2D eigenvalue weighted by atomic mass is 9.87. The largest absolute Gasteiger partial charge is 0.354 e. The van der Waals surface area contributed by atoms with E-state index >= 15 is 0 Å². The van der Waals surface area contributed by atoms with E-state index in [-0.39, 0.29) is 0 Å². The number of para-hydroxylation sites is 1. The third-order valence-corrected chi connectivity index (χ3v) is 10.7. The minimum Gasteiger partial charge on any atom is -0.354 e. The summed E-state index contributed by atoms with van der Waals surface area (Å²) in [6.07, 6.45) is 0. The van der Waals surface area contributed by atoms with Crippen LogP contribution in [0.2, 0.25) is 0 Å². The van der Waals surface area contributed by atoms with E-state index in [9.17, 15) is 5.41 Å². The predicted octanol–water partition coefficient (Wildman–Crippen LogP) is 13.8. The van der Waals surface area contributed by atoms with Crippen molar-refractivity contribution in [3.63, 3.8) is 0 Å². The second kappa shape index (κ2) is 14.5. The topological polar surface area (TPSA) is 61.7 Å². The average Bonchev–Trinajstić information content (AvgIpc) is 3.29. The first-order valence-corrected chi connectivity index (χ1v) is 19.1. The number of benzene rings is 9. The fourth-order valence-electron chi connectivity index (χ4n) is 7.75. The van der Waals surface area contributed by atoms with E-state index < -0.39 is 0 Å². The Kier molecular flexibility index (Phi) is 8.62. The molecule has 0 atom stereocenters. The lowest BCUT2D eigenvalue weighted by Gasteiger charge is -2.21. The molecule has 0 amide bonds. The molecule has 57 heavy (non-hydrogen) atoms. The molecule has 0 saturated heterocycles. The molecule has 0 radical (unpaired) electrons. The van der Waals surface area contributed by atoms with Gasteiger partial charge in [0, 0.05) is 38.9 Å². The van der Waals surface area contributed by atoms with Crippen molar-refractivity contribution >= 4 is 49.4 Å². The smallest absolute Gasteiger partial charge is 0.160 e. The first-order valence-electron chi connectivity index (χ1n) is 19.1. The zero-order valence-electron chi connectivity index (χ0n) is 31.0. The number of nitrogens with zero attached hydrogens (tertiary/aromatic N) is 2. The van der Waals surface area contributed by atoms with Crippen LogP contribution in [0.15, 0.2) is 206 Å². The SMILES string of the molecule is N=C(c1ccccc1)c1c(-c2ccccc2)cc2ccc(-c3cc(-c4ccc5ccccc5c4)nc(-c4ccc5ccccc5c4)n3)cc2c1Nc1ccccc1. The van der Waals surface area contributed by atoms with Crippen LogP contribution in [-0.2, 0) is 0 Å². The van der Waals surface area contributed by atoms with Gasteiger partial charge in [0.2, 0.25) is 0 Å². The number of hydrogen-bond donors (Lipinski definition) is 2. The van der Waals surface area contributed by atoms with Gasteiger partial charge in [-0.2, -0.15) is 0 Å². The molecule has 10 rings (SSSR count). The molecule has 4 nitrogen and oxygen atoms in total. The summed E-state index contributed by atoms with van der Waals surface area (Å²) in [5, 5.41) is 20.3. The van der Waals surface area contributed by atoms with Gasteiger partial charge in [0.1, 0.15) is 0 Å². The zero-order chi connectivity index (χ0) is 38.1. The Balaban J connectivity index is 1.22. The highest BCUT2D eigenvalue weighted by Crippen LogP contribution is 2.41. The van der Waals surface area contributed by atoms with Gasteiger partial charge < -0.3 is 5.32 Å². The quantitative estimate of drug-likeness (QED) is 0.153. The summed E-state index contributed by atoms with van der Waals surface area (Å²) >= 11 is 0. The van der Waals surface area contributed by atoms with E-state index in [0.29, 0.717) is 11.5 Å². The molecule has 0 saturated carbocycles. The molecule has 1 aromatic heterocycles. The summed E-state index contributed by atoms with van der Waals surface area (Å²) < 4.78 is 0. The summed E-state index contributed by atoms with van der Waals surface area (Å²) in [4.78, 5) is 10.5. The van der Waals surface area contributed by atoms with Gasteiger partial charge in [0.25, 0.3) is 0 Å². The number of fused-ring (bicyclic) bond motifs is 3. The van der Waals surface area contributed by atoms with E-state index in [1.807, 2.05) is 54.6 Å².